The highest BCUT2D eigenvalue weighted by Crippen LogP contribution is 2.35. The average Bonchev–Trinajstić information content (AvgIpc) is 3.27. The zero-order valence-electron chi connectivity index (χ0n) is 20.5. The van der Waals surface area contributed by atoms with Crippen LogP contribution >= 0.6 is 46.4 Å². The van der Waals surface area contributed by atoms with Gasteiger partial charge in [0.05, 0.1) is 29.5 Å². The quantitative estimate of drug-likeness (QED) is 0.278. The van der Waals surface area contributed by atoms with E-state index >= 15 is 0 Å². The fourth-order valence-electron chi connectivity index (χ4n) is 4.65. The predicted molar refractivity (Wildman–Crippen MR) is 151 cm³/mol. The molecule has 1 heterocycles. The van der Waals surface area contributed by atoms with Crippen LogP contribution in [0, 0.1) is 0 Å². The second-order valence-corrected chi connectivity index (χ2v) is 12.1. The SMILES string of the molecule is O=C(NC1(Cc2ccccc2)C=C(CNc2cc(OCCN3CCOCC3)ccc2Cl)CC1)C(Cl)(Cl)Cl. The normalized spacial score (nSPS) is 20.4. The highest BCUT2D eigenvalue weighted by Gasteiger charge is 2.40. The number of rotatable bonds is 10. The third kappa shape index (κ3) is 8.41. The Morgan fingerprint density at radius 3 is 2.59 bits per heavy atom. The summed E-state index contributed by atoms with van der Waals surface area (Å²) in [5, 5.41) is 7.02. The topological polar surface area (TPSA) is 62.8 Å². The monoisotopic (exact) mass is 585 g/mol. The van der Waals surface area contributed by atoms with E-state index in [0.29, 0.717) is 31.0 Å². The van der Waals surface area contributed by atoms with E-state index in [9.17, 15) is 4.79 Å². The molecule has 10 heteroatoms. The van der Waals surface area contributed by atoms with Crippen LogP contribution in [-0.2, 0) is 16.0 Å². The summed E-state index contributed by atoms with van der Waals surface area (Å²) in [7, 11) is 0. The molecule has 1 atom stereocenters. The first-order chi connectivity index (χ1) is 17.7. The number of morpholine rings is 1. The molecule has 1 fully saturated rings. The van der Waals surface area contributed by atoms with Crippen molar-refractivity contribution in [3.05, 3.63) is 70.8 Å². The number of benzene rings is 2. The van der Waals surface area contributed by atoms with E-state index in [1.807, 2.05) is 48.5 Å². The number of halogens is 4. The smallest absolute Gasteiger partial charge is 0.272 e. The minimum atomic E-state index is -2.03. The van der Waals surface area contributed by atoms with E-state index in [0.717, 1.165) is 61.8 Å². The van der Waals surface area contributed by atoms with E-state index in [-0.39, 0.29) is 0 Å². The molecule has 37 heavy (non-hydrogen) atoms. The number of carbonyl (C=O) groups excluding carboxylic acids is 1. The van der Waals surface area contributed by atoms with Crippen LogP contribution in [0.4, 0.5) is 5.69 Å². The van der Waals surface area contributed by atoms with Crippen LogP contribution in [0.2, 0.25) is 5.02 Å². The van der Waals surface area contributed by atoms with Gasteiger partial charge in [-0.3, -0.25) is 9.69 Å². The van der Waals surface area contributed by atoms with Crippen LogP contribution in [-0.4, -0.2) is 66.1 Å². The number of amides is 1. The van der Waals surface area contributed by atoms with E-state index in [2.05, 4.69) is 21.6 Å². The molecule has 0 aromatic heterocycles. The number of hydrogen-bond acceptors (Lipinski definition) is 5. The highest BCUT2D eigenvalue weighted by atomic mass is 35.6. The third-order valence-corrected chi connectivity index (χ3v) is 7.42. The minimum absolute atomic E-state index is 0.567. The maximum Gasteiger partial charge on any atom is 0.272 e. The summed E-state index contributed by atoms with van der Waals surface area (Å²) < 4.78 is 9.33. The molecule has 2 aromatic carbocycles. The van der Waals surface area contributed by atoms with Crippen molar-refractivity contribution in [2.24, 2.45) is 0 Å². The Bertz CT molecular complexity index is 1090. The summed E-state index contributed by atoms with van der Waals surface area (Å²) in [5.41, 5.74) is 2.36. The van der Waals surface area contributed by atoms with Crippen LogP contribution in [0.25, 0.3) is 0 Å². The number of nitrogens with one attached hydrogen (secondary N) is 2. The van der Waals surface area contributed by atoms with Gasteiger partial charge >= 0.3 is 0 Å². The highest BCUT2D eigenvalue weighted by molar-refractivity contribution is 6.76. The second-order valence-electron chi connectivity index (χ2n) is 9.37. The molecule has 0 radical (unpaired) electrons. The summed E-state index contributed by atoms with van der Waals surface area (Å²) in [4.78, 5) is 14.9. The lowest BCUT2D eigenvalue weighted by Crippen LogP contribution is -2.51. The van der Waals surface area contributed by atoms with Crippen molar-refractivity contribution in [3.63, 3.8) is 0 Å². The lowest BCUT2D eigenvalue weighted by atomic mass is 9.90. The van der Waals surface area contributed by atoms with Crippen molar-refractivity contribution in [2.75, 3.05) is 51.3 Å². The van der Waals surface area contributed by atoms with Gasteiger partial charge in [-0.25, -0.2) is 0 Å². The van der Waals surface area contributed by atoms with Crippen LogP contribution in [0.1, 0.15) is 18.4 Å². The lowest BCUT2D eigenvalue weighted by molar-refractivity contribution is -0.121. The summed E-state index contributed by atoms with van der Waals surface area (Å²) in [5.74, 6) is 0.123. The van der Waals surface area contributed by atoms with Crippen molar-refractivity contribution >= 4 is 58.0 Å². The Morgan fingerprint density at radius 1 is 1.11 bits per heavy atom. The molecule has 0 saturated carbocycles. The minimum Gasteiger partial charge on any atom is -0.492 e. The molecule has 2 aromatic rings. The summed E-state index contributed by atoms with van der Waals surface area (Å²) >= 11 is 24.1. The number of ether oxygens (including phenoxy) is 2. The first kappa shape index (κ1) is 28.3. The number of nitrogens with zero attached hydrogens (tertiary/aromatic N) is 1. The van der Waals surface area contributed by atoms with Gasteiger partial charge in [0.25, 0.3) is 9.70 Å². The Hall–Kier alpha value is -1.67. The van der Waals surface area contributed by atoms with Crippen molar-refractivity contribution in [1.82, 2.24) is 10.2 Å². The molecule has 200 valence electrons. The maximum atomic E-state index is 12.6. The van der Waals surface area contributed by atoms with E-state index in [1.54, 1.807) is 0 Å². The number of carbonyl (C=O) groups is 1. The molecule has 1 aliphatic carbocycles. The molecule has 6 nitrogen and oxygen atoms in total. The van der Waals surface area contributed by atoms with Crippen molar-refractivity contribution < 1.29 is 14.3 Å². The van der Waals surface area contributed by atoms with Gasteiger partial charge in [-0.05, 0) is 37.0 Å². The van der Waals surface area contributed by atoms with Gasteiger partial charge in [-0.2, -0.15) is 0 Å². The molecule has 1 aliphatic heterocycles. The van der Waals surface area contributed by atoms with Crippen molar-refractivity contribution in [2.45, 2.75) is 28.6 Å². The molecule has 0 bridgehead atoms. The van der Waals surface area contributed by atoms with E-state index < -0.39 is 15.2 Å². The zero-order chi connectivity index (χ0) is 26.3. The van der Waals surface area contributed by atoms with Gasteiger partial charge in [-0.15, -0.1) is 0 Å². The van der Waals surface area contributed by atoms with Gasteiger partial charge in [0.1, 0.15) is 12.4 Å². The van der Waals surface area contributed by atoms with Crippen LogP contribution < -0.4 is 15.4 Å². The molecule has 1 unspecified atom stereocenters. The number of alkyl halides is 3. The van der Waals surface area contributed by atoms with Gasteiger partial charge in [0.2, 0.25) is 0 Å². The van der Waals surface area contributed by atoms with Gasteiger partial charge < -0.3 is 20.1 Å². The van der Waals surface area contributed by atoms with Crippen molar-refractivity contribution in [3.8, 4) is 5.75 Å². The first-order valence-corrected chi connectivity index (χ1v) is 13.8. The average molecular weight is 587 g/mol. The van der Waals surface area contributed by atoms with Gasteiger partial charge in [0.15, 0.2) is 0 Å². The van der Waals surface area contributed by atoms with Crippen LogP contribution in [0.15, 0.2) is 60.2 Å². The summed E-state index contributed by atoms with van der Waals surface area (Å²) in [6.45, 7) is 5.41. The van der Waals surface area contributed by atoms with Crippen LogP contribution in [0.5, 0.6) is 5.75 Å². The largest absolute Gasteiger partial charge is 0.492 e. The lowest BCUT2D eigenvalue weighted by Gasteiger charge is -2.30. The Morgan fingerprint density at radius 2 is 1.86 bits per heavy atom. The summed E-state index contributed by atoms with van der Waals surface area (Å²) in [6, 6.07) is 15.6. The Labute approximate surface area is 238 Å². The second kappa shape index (κ2) is 12.9. The fourth-order valence-corrected chi connectivity index (χ4v) is 4.98. The maximum absolute atomic E-state index is 12.6. The molecule has 0 spiro atoms. The molecular formula is C27H31Cl4N3O3. The number of hydrogen-bond donors (Lipinski definition) is 2. The molecule has 2 N–H and O–H groups in total. The molecule has 1 saturated heterocycles. The van der Waals surface area contributed by atoms with Crippen molar-refractivity contribution in [1.29, 1.82) is 0 Å². The van der Waals surface area contributed by atoms with Crippen LogP contribution in [0.3, 0.4) is 0 Å². The predicted octanol–water partition coefficient (Wildman–Crippen LogP) is 5.65. The Balaban J connectivity index is 1.39. The zero-order valence-corrected chi connectivity index (χ0v) is 23.5. The molecule has 1 amide bonds. The van der Waals surface area contributed by atoms with Gasteiger partial charge in [0, 0.05) is 32.2 Å². The fraction of sp³-hybridized carbons (Fsp3) is 0.444. The van der Waals surface area contributed by atoms with E-state index in [4.69, 9.17) is 55.9 Å². The standard InChI is InChI=1S/C27H31Cl4N3O3/c28-23-7-6-22(37-15-12-34-10-13-36-14-11-34)16-24(23)32-19-21-8-9-26(18-21,33-25(35)27(29,30)31)17-20-4-2-1-3-5-20/h1-7,16,18,32H,8-15,17,19H2,(H,33,35). The van der Waals surface area contributed by atoms with E-state index in [1.165, 1.54) is 0 Å². The van der Waals surface area contributed by atoms with Gasteiger partial charge in [-0.1, -0.05) is 88.4 Å². The Kier molecular flexibility index (Phi) is 9.90. The first-order valence-electron chi connectivity index (χ1n) is 12.3. The summed E-state index contributed by atoms with van der Waals surface area (Å²) in [6.07, 6.45) is 4.16. The molecule has 2 aliphatic rings. The molecular weight excluding hydrogens is 556 g/mol. The molecule has 4 rings (SSSR count). The number of anilines is 1. The third-order valence-electron chi connectivity index (χ3n) is 6.58.